The molecule has 0 spiro atoms. The van der Waals surface area contributed by atoms with Gasteiger partial charge in [-0.15, -0.1) is 36.4 Å². The van der Waals surface area contributed by atoms with E-state index in [1.807, 2.05) is 6.07 Å². The second-order valence-electron chi connectivity index (χ2n) is 5.84. The minimum atomic E-state index is -0.647. The molecule has 3 aliphatic heterocycles. The Morgan fingerprint density at radius 3 is 2.42 bits per heavy atom. The molecule has 0 aliphatic carbocycles. The van der Waals surface area contributed by atoms with Crippen LogP contribution >= 0.6 is 36.4 Å². The van der Waals surface area contributed by atoms with Crippen LogP contribution in [0.3, 0.4) is 0 Å². The molecule has 1 amide bonds. The van der Waals surface area contributed by atoms with Crippen molar-refractivity contribution in [1.82, 2.24) is 15.3 Å². The molecular formula is C15H23Cl3N4O2. The van der Waals surface area contributed by atoms with Crippen LogP contribution in [0, 0.1) is 0 Å². The summed E-state index contributed by atoms with van der Waals surface area (Å²) in [6, 6.07) is 8.87. The number of hydrogen-bond donors (Lipinski definition) is 2. The Hall–Kier alpha value is -0.600. The van der Waals surface area contributed by atoms with E-state index < -0.39 is 11.2 Å². The average molecular weight is 398 g/mol. The quantitative estimate of drug-likeness (QED) is 0.340. The van der Waals surface area contributed by atoms with Gasteiger partial charge in [-0.3, -0.25) is 19.4 Å². The monoisotopic (exact) mass is 396 g/mol. The van der Waals surface area contributed by atoms with Crippen LogP contribution in [-0.2, 0) is 4.84 Å². The van der Waals surface area contributed by atoms with Crippen molar-refractivity contribution < 1.29 is 9.63 Å². The first-order valence-corrected chi connectivity index (χ1v) is 7.88. The van der Waals surface area contributed by atoms with Gasteiger partial charge in [0, 0.05) is 44.7 Å². The smallest absolute Gasteiger partial charge is 0.274 e. The maximum atomic E-state index is 11.9. The number of nitrogens with one attached hydrogen (secondary N) is 1. The largest absolute Gasteiger partial charge is 0.304 e. The van der Waals surface area contributed by atoms with Gasteiger partial charge in [-0.05, 0) is 12.1 Å². The maximum Gasteiger partial charge on any atom is 0.274 e. The summed E-state index contributed by atoms with van der Waals surface area (Å²) in [5, 5.41) is 0. The molecule has 3 aliphatic rings. The maximum absolute atomic E-state index is 11.9. The van der Waals surface area contributed by atoms with Crippen molar-refractivity contribution in [2.45, 2.75) is 17.6 Å². The molecule has 3 heterocycles. The van der Waals surface area contributed by atoms with Crippen LogP contribution in [0.15, 0.2) is 30.3 Å². The van der Waals surface area contributed by atoms with Crippen LogP contribution in [-0.4, -0.2) is 59.7 Å². The summed E-state index contributed by atoms with van der Waals surface area (Å²) in [5.74, 6) is -0.311. The summed E-state index contributed by atoms with van der Waals surface area (Å²) in [7, 11) is 0. The first kappa shape index (κ1) is 21.4. The molecule has 4 rings (SSSR count). The zero-order valence-electron chi connectivity index (χ0n) is 13.2. The molecule has 2 bridgehead atoms. The van der Waals surface area contributed by atoms with Gasteiger partial charge in [0.15, 0.2) is 0 Å². The van der Waals surface area contributed by atoms with E-state index in [0.717, 1.165) is 32.7 Å². The Morgan fingerprint density at radius 1 is 1.25 bits per heavy atom. The molecule has 24 heavy (non-hydrogen) atoms. The number of rotatable bonds is 5. The molecule has 1 aromatic carbocycles. The van der Waals surface area contributed by atoms with Crippen molar-refractivity contribution in [2.24, 2.45) is 5.73 Å². The molecule has 6 nitrogen and oxygen atoms in total. The highest BCUT2D eigenvalue weighted by molar-refractivity contribution is 6.24. The topological polar surface area (TPSA) is 70.8 Å². The van der Waals surface area contributed by atoms with Crippen LogP contribution in [0.4, 0.5) is 0 Å². The molecule has 3 N–H and O–H groups in total. The lowest BCUT2D eigenvalue weighted by Crippen LogP contribution is -2.67. The van der Waals surface area contributed by atoms with E-state index in [1.165, 1.54) is 0 Å². The number of fused-ring (bicyclic) bond motifs is 3. The van der Waals surface area contributed by atoms with Gasteiger partial charge in [0.2, 0.25) is 0 Å². The fourth-order valence-electron chi connectivity index (χ4n) is 3.07. The first-order chi connectivity index (χ1) is 10.6. The lowest BCUT2D eigenvalue weighted by Gasteiger charge is -2.53. The second kappa shape index (κ2) is 9.20. The van der Waals surface area contributed by atoms with Gasteiger partial charge in [0.05, 0.1) is 0 Å². The highest BCUT2D eigenvalue weighted by Gasteiger charge is 2.44. The average Bonchev–Trinajstić information content (AvgIpc) is 2.54. The van der Waals surface area contributed by atoms with Crippen molar-refractivity contribution in [3.8, 4) is 0 Å². The number of hydroxylamine groups is 1. The number of amides is 1. The number of nitrogens with two attached hydrogens (primary N) is 1. The second-order valence-corrected chi connectivity index (χ2v) is 6.54. The van der Waals surface area contributed by atoms with Crippen LogP contribution in [0.5, 0.6) is 0 Å². The Balaban J connectivity index is 0.00000144. The predicted molar refractivity (Wildman–Crippen MR) is 98.7 cm³/mol. The molecule has 3 saturated heterocycles. The molecule has 1 aromatic rings. The van der Waals surface area contributed by atoms with Gasteiger partial charge in [0.1, 0.15) is 11.2 Å². The van der Waals surface area contributed by atoms with E-state index in [9.17, 15) is 4.79 Å². The number of carbonyl (C=O) groups excluding carboxylic acids is 1. The molecule has 9 heteroatoms. The number of nitrogens with zero attached hydrogens (tertiary/aromatic N) is 2. The van der Waals surface area contributed by atoms with Gasteiger partial charge in [-0.1, -0.05) is 18.2 Å². The van der Waals surface area contributed by atoms with E-state index >= 15 is 0 Å². The summed E-state index contributed by atoms with van der Waals surface area (Å²) in [6.45, 7) is 4.78. The highest BCUT2D eigenvalue weighted by Crippen LogP contribution is 2.33. The van der Waals surface area contributed by atoms with Crippen molar-refractivity contribution in [1.29, 1.82) is 0 Å². The Labute approximate surface area is 159 Å². The van der Waals surface area contributed by atoms with Crippen molar-refractivity contribution in [3.05, 3.63) is 35.9 Å². The lowest BCUT2D eigenvalue weighted by atomic mass is 10.0. The van der Waals surface area contributed by atoms with Crippen LogP contribution in [0.25, 0.3) is 0 Å². The fourth-order valence-corrected chi connectivity index (χ4v) is 3.56. The predicted octanol–water partition coefficient (Wildman–Crippen LogP) is 1.43. The zero-order chi connectivity index (χ0) is 15.6. The summed E-state index contributed by atoms with van der Waals surface area (Å²) in [6.07, 6.45) is -0.189. The lowest BCUT2D eigenvalue weighted by molar-refractivity contribution is -0.0651. The molecular weight excluding hydrogens is 375 g/mol. The molecule has 2 unspecified atom stereocenters. The van der Waals surface area contributed by atoms with E-state index in [0.29, 0.717) is 12.0 Å². The fraction of sp³-hybridized carbons (Fsp3) is 0.533. The van der Waals surface area contributed by atoms with Crippen molar-refractivity contribution >= 4 is 42.3 Å². The van der Waals surface area contributed by atoms with E-state index in [4.69, 9.17) is 22.2 Å². The number of halogens is 3. The highest BCUT2D eigenvalue weighted by atomic mass is 35.5. The molecule has 3 fully saturated rings. The molecule has 2 atom stereocenters. The number of alkyl halides is 1. The summed E-state index contributed by atoms with van der Waals surface area (Å²) in [4.78, 5) is 21.3. The Bertz CT molecular complexity index is 529. The normalized spacial score (nSPS) is 29.1. The Kier molecular flexibility index (Phi) is 8.22. The third-order valence-corrected chi connectivity index (χ3v) is 4.77. The van der Waals surface area contributed by atoms with Gasteiger partial charge >= 0.3 is 0 Å². The minimum Gasteiger partial charge on any atom is -0.304 e. The number of benzene rings is 1. The van der Waals surface area contributed by atoms with Crippen LogP contribution < -0.4 is 11.2 Å². The SMILES string of the molecule is Cl.Cl.NC(CC1(Cl)CN2CCN1CC2)ONC(=O)c1ccccc1. The van der Waals surface area contributed by atoms with Crippen LogP contribution in [0.2, 0.25) is 0 Å². The van der Waals surface area contributed by atoms with Crippen molar-refractivity contribution in [3.63, 3.8) is 0 Å². The van der Waals surface area contributed by atoms with Gasteiger partial charge in [-0.2, -0.15) is 0 Å². The molecule has 0 aromatic heterocycles. The molecule has 136 valence electrons. The summed E-state index contributed by atoms with van der Waals surface area (Å²) < 4.78 is 0. The zero-order valence-corrected chi connectivity index (χ0v) is 15.6. The standard InChI is InChI=1S/C15H21ClN4O2.2ClH/c16-15(11-19-6-8-20(15)9-7-19)10-13(17)22-18-14(21)12-4-2-1-3-5-12;;/h1-5,13H,6-11,17H2,(H,18,21);2*1H. The van der Waals surface area contributed by atoms with Crippen LogP contribution in [0.1, 0.15) is 16.8 Å². The third kappa shape index (κ3) is 4.95. The molecule has 0 saturated carbocycles. The first-order valence-electron chi connectivity index (χ1n) is 7.50. The van der Waals surface area contributed by atoms with Crippen molar-refractivity contribution in [2.75, 3.05) is 32.7 Å². The number of hydrogen-bond acceptors (Lipinski definition) is 5. The van der Waals surface area contributed by atoms with E-state index in [1.54, 1.807) is 24.3 Å². The minimum absolute atomic E-state index is 0. The number of carbonyl (C=O) groups is 1. The summed E-state index contributed by atoms with van der Waals surface area (Å²) in [5.41, 5.74) is 8.91. The van der Waals surface area contributed by atoms with E-state index in [-0.39, 0.29) is 30.7 Å². The van der Waals surface area contributed by atoms with Gasteiger partial charge < -0.3 is 5.73 Å². The van der Waals surface area contributed by atoms with E-state index in [2.05, 4.69) is 15.3 Å². The summed E-state index contributed by atoms with van der Waals surface area (Å²) >= 11 is 6.71. The third-order valence-electron chi connectivity index (χ3n) is 4.26. The van der Waals surface area contributed by atoms with Gasteiger partial charge in [0.25, 0.3) is 5.91 Å². The molecule has 0 radical (unpaired) electrons. The van der Waals surface area contributed by atoms with Gasteiger partial charge in [-0.25, -0.2) is 5.48 Å². The Morgan fingerprint density at radius 2 is 1.88 bits per heavy atom. The number of piperazine rings is 3.